The van der Waals surface area contributed by atoms with E-state index in [9.17, 15) is 9.59 Å². The van der Waals surface area contributed by atoms with E-state index in [4.69, 9.17) is 5.11 Å². The smallest absolute Gasteiger partial charge is 0.315 e. The number of nitrogens with zero attached hydrogens (tertiary/aromatic N) is 1. The SMILES string of the molecule is O=C(NCc1ccon1)NC1CCCC(C(=O)O)C1. The maximum atomic E-state index is 11.7. The minimum absolute atomic E-state index is 0.0767. The molecule has 0 aliphatic heterocycles. The second kappa shape index (κ2) is 6.21. The molecular formula is C12H17N3O4. The summed E-state index contributed by atoms with van der Waals surface area (Å²) in [6.45, 7) is 0.289. The molecule has 1 fully saturated rings. The Hall–Kier alpha value is -2.05. The van der Waals surface area contributed by atoms with Crippen LogP contribution >= 0.6 is 0 Å². The van der Waals surface area contributed by atoms with Gasteiger partial charge in [-0.25, -0.2) is 4.79 Å². The lowest BCUT2D eigenvalue weighted by atomic mass is 9.86. The summed E-state index contributed by atoms with van der Waals surface area (Å²) < 4.78 is 4.65. The molecule has 0 saturated heterocycles. The van der Waals surface area contributed by atoms with E-state index in [0.29, 0.717) is 18.5 Å². The molecule has 1 aromatic heterocycles. The second-order valence-corrected chi connectivity index (χ2v) is 4.72. The fourth-order valence-corrected chi connectivity index (χ4v) is 2.28. The number of nitrogens with one attached hydrogen (secondary N) is 2. The molecule has 1 aliphatic rings. The van der Waals surface area contributed by atoms with E-state index < -0.39 is 5.97 Å². The number of rotatable bonds is 4. The van der Waals surface area contributed by atoms with E-state index in [-0.39, 0.29) is 24.5 Å². The largest absolute Gasteiger partial charge is 0.481 e. The minimum Gasteiger partial charge on any atom is -0.481 e. The summed E-state index contributed by atoms with van der Waals surface area (Å²) in [5.74, 6) is -1.14. The maximum absolute atomic E-state index is 11.7. The summed E-state index contributed by atoms with van der Waals surface area (Å²) in [4.78, 5) is 22.6. The molecule has 19 heavy (non-hydrogen) atoms. The molecule has 7 heteroatoms. The zero-order chi connectivity index (χ0) is 13.7. The van der Waals surface area contributed by atoms with Crippen LogP contribution < -0.4 is 10.6 Å². The minimum atomic E-state index is -0.783. The zero-order valence-corrected chi connectivity index (χ0v) is 10.5. The molecule has 1 saturated carbocycles. The lowest BCUT2D eigenvalue weighted by molar-refractivity contribution is -0.143. The normalized spacial score (nSPS) is 22.7. The Morgan fingerprint density at radius 2 is 2.32 bits per heavy atom. The van der Waals surface area contributed by atoms with Crippen molar-refractivity contribution in [3.63, 3.8) is 0 Å². The molecule has 2 atom stereocenters. The zero-order valence-electron chi connectivity index (χ0n) is 10.5. The van der Waals surface area contributed by atoms with Crippen LogP contribution in [-0.2, 0) is 11.3 Å². The number of hydrogen-bond donors (Lipinski definition) is 3. The first-order valence-electron chi connectivity index (χ1n) is 6.31. The first kappa shape index (κ1) is 13.4. The van der Waals surface area contributed by atoms with Gasteiger partial charge in [0.05, 0.1) is 12.5 Å². The summed E-state index contributed by atoms with van der Waals surface area (Å²) in [5, 5.41) is 18.1. The Morgan fingerprint density at radius 3 is 3.00 bits per heavy atom. The molecule has 1 aromatic rings. The summed E-state index contributed by atoms with van der Waals surface area (Å²) >= 11 is 0. The highest BCUT2D eigenvalue weighted by atomic mass is 16.5. The number of hydrogen-bond acceptors (Lipinski definition) is 4. The van der Waals surface area contributed by atoms with Gasteiger partial charge in [0.25, 0.3) is 0 Å². The fraction of sp³-hybridized carbons (Fsp3) is 0.583. The van der Waals surface area contributed by atoms with Gasteiger partial charge in [-0.15, -0.1) is 0 Å². The highest BCUT2D eigenvalue weighted by molar-refractivity contribution is 5.74. The van der Waals surface area contributed by atoms with E-state index in [2.05, 4.69) is 20.3 Å². The van der Waals surface area contributed by atoms with Crippen LogP contribution in [0.3, 0.4) is 0 Å². The van der Waals surface area contributed by atoms with Gasteiger partial charge in [-0.2, -0.15) is 0 Å². The number of urea groups is 1. The Bertz CT molecular complexity index is 432. The quantitative estimate of drug-likeness (QED) is 0.758. The van der Waals surface area contributed by atoms with Gasteiger partial charge in [-0.05, 0) is 19.3 Å². The van der Waals surface area contributed by atoms with Crippen molar-refractivity contribution < 1.29 is 19.2 Å². The van der Waals surface area contributed by atoms with E-state index in [1.54, 1.807) is 6.07 Å². The van der Waals surface area contributed by atoms with Crippen molar-refractivity contribution >= 4 is 12.0 Å². The predicted molar refractivity (Wildman–Crippen MR) is 65.3 cm³/mol. The molecular weight excluding hydrogens is 250 g/mol. The monoisotopic (exact) mass is 267 g/mol. The fourth-order valence-electron chi connectivity index (χ4n) is 2.28. The molecule has 3 N–H and O–H groups in total. The van der Waals surface area contributed by atoms with Crippen molar-refractivity contribution in [3.8, 4) is 0 Å². The lowest BCUT2D eigenvalue weighted by Crippen LogP contribution is -2.44. The van der Waals surface area contributed by atoms with Gasteiger partial charge in [-0.1, -0.05) is 11.6 Å². The van der Waals surface area contributed by atoms with E-state index >= 15 is 0 Å². The van der Waals surface area contributed by atoms with E-state index in [1.807, 2.05) is 0 Å². The van der Waals surface area contributed by atoms with Crippen LogP contribution in [0.5, 0.6) is 0 Å². The van der Waals surface area contributed by atoms with Gasteiger partial charge < -0.3 is 20.3 Å². The number of carbonyl (C=O) groups excluding carboxylic acids is 1. The van der Waals surface area contributed by atoms with Crippen molar-refractivity contribution in [1.82, 2.24) is 15.8 Å². The van der Waals surface area contributed by atoms with Crippen molar-refractivity contribution in [1.29, 1.82) is 0 Å². The van der Waals surface area contributed by atoms with Gasteiger partial charge >= 0.3 is 12.0 Å². The average molecular weight is 267 g/mol. The molecule has 7 nitrogen and oxygen atoms in total. The highest BCUT2D eigenvalue weighted by Gasteiger charge is 2.27. The third-order valence-corrected chi connectivity index (χ3v) is 3.28. The van der Waals surface area contributed by atoms with Gasteiger partial charge in [0.1, 0.15) is 12.0 Å². The number of aromatic nitrogens is 1. The number of carbonyl (C=O) groups is 2. The van der Waals surface area contributed by atoms with Gasteiger partial charge in [0.15, 0.2) is 0 Å². The molecule has 0 aromatic carbocycles. The number of carboxylic acids is 1. The Labute approximate surface area is 110 Å². The van der Waals surface area contributed by atoms with Crippen LogP contribution in [0.25, 0.3) is 0 Å². The van der Waals surface area contributed by atoms with Crippen molar-refractivity contribution in [2.24, 2.45) is 5.92 Å². The first-order valence-corrected chi connectivity index (χ1v) is 6.31. The van der Waals surface area contributed by atoms with Gasteiger partial charge in [-0.3, -0.25) is 4.79 Å². The Balaban J connectivity index is 1.74. The third-order valence-electron chi connectivity index (χ3n) is 3.28. The van der Waals surface area contributed by atoms with Gasteiger partial charge in [0, 0.05) is 12.1 Å². The number of aliphatic carboxylic acids is 1. The summed E-state index contributed by atoms with van der Waals surface area (Å²) in [6.07, 6.45) is 4.26. The Morgan fingerprint density at radius 1 is 1.47 bits per heavy atom. The maximum Gasteiger partial charge on any atom is 0.315 e. The van der Waals surface area contributed by atoms with E-state index in [1.165, 1.54) is 6.26 Å². The van der Waals surface area contributed by atoms with Crippen molar-refractivity contribution in [2.75, 3.05) is 0 Å². The molecule has 0 spiro atoms. The molecule has 1 heterocycles. The molecule has 2 amide bonds. The lowest BCUT2D eigenvalue weighted by Gasteiger charge is -2.27. The summed E-state index contributed by atoms with van der Waals surface area (Å²) in [7, 11) is 0. The van der Waals surface area contributed by atoms with Crippen LogP contribution in [0, 0.1) is 5.92 Å². The topological polar surface area (TPSA) is 104 Å². The summed E-state index contributed by atoms with van der Waals surface area (Å²) in [5.41, 5.74) is 0.641. The number of amides is 2. The predicted octanol–water partition coefficient (Wildman–Crippen LogP) is 1.12. The highest BCUT2D eigenvalue weighted by Crippen LogP contribution is 2.24. The van der Waals surface area contributed by atoms with Crippen LogP contribution in [0.15, 0.2) is 16.9 Å². The first-order chi connectivity index (χ1) is 9.15. The number of carboxylic acid groups (broad SMARTS) is 1. The molecule has 104 valence electrons. The Kier molecular flexibility index (Phi) is 4.38. The van der Waals surface area contributed by atoms with Crippen LogP contribution in [0.1, 0.15) is 31.4 Å². The second-order valence-electron chi connectivity index (χ2n) is 4.72. The standard InChI is InChI=1S/C12H17N3O4/c16-11(17)8-2-1-3-9(6-8)14-12(18)13-7-10-4-5-19-15-10/h4-5,8-9H,1-3,6-7H2,(H,16,17)(H2,13,14,18). The third kappa shape index (κ3) is 3.97. The summed E-state index contributed by atoms with van der Waals surface area (Å²) in [6, 6.07) is 1.28. The molecule has 2 unspecified atom stereocenters. The molecule has 2 rings (SSSR count). The van der Waals surface area contributed by atoms with Gasteiger partial charge in [0.2, 0.25) is 0 Å². The van der Waals surface area contributed by atoms with Crippen LogP contribution in [-0.4, -0.2) is 28.3 Å². The van der Waals surface area contributed by atoms with Crippen molar-refractivity contribution in [3.05, 3.63) is 18.0 Å². The molecule has 1 aliphatic carbocycles. The van der Waals surface area contributed by atoms with Crippen LogP contribution in [0.2, 0.25) is 0 Å². The average Bonchev–Trinajstić information content (AvgIpc) is 2.90. The molecule has 0 radical (unpaired) electrons. The van der Waals surface area contributed by atoms with Crippen LogP contribution in [0.4, 0.5) is 4.79 Å². The molecule has 0 bridgehead atoms. The van der Waals surface area contributed by atoms with E-state index in [0.717, 1.165) is 12.8 Å². The van der Waals surface area contributed by atoms with Crippen molar-refractivity contribution in [2.45, 2.75) is 38.3 Å².